The third-order valence-electron chi connectivity index (χ3n) is 4.99. The standard InChI is InChI=1S/C16H16F18O2/c17-9(18,5-7(1-3-35)11(21,22)23)13(27,28)15(31,32)16(33,34)14(29,30)10(19,20)6-8(2-4-36)12(24,25)26/h7-8,35-36H,1-6H2. The first-order chi connectivity index (χ1) is 15.6. The molecule has 20 heteroatoms. The number of hydrogen-bond acceptors (Lipinski definition) is 2. The monoisotopic (exact) mass is 582 g/mol. The van der Waals surface area contributed by atoms with Gasteiger partial charge < -0.3 is 10.2 Å². The van der Waals surface area contributed by atoms with Gasteiger partial charge in [0.05, 0.1) is 11.8 Å². The van der Waals surface area contributed by atoms with Crippen LogP contribution >= 0.6 is 0 Å². The predicted octanol–water partition coefficient (Wildman–Crippen LogP) is 6.70. The van der Waals surface area contributed by atoms with E-state index in [1.165, 1.54) is 0 Å². The summed E-state index contributed by atoms with van der Waals surface area (Å²) in [5.41, 5.74) is 0. The van der Waals surface area contributed by atoms with Crippen LogP contribution in [0.2, 0.25) is 0 Å². The first kappa shape index (κ1) is 34.7. The van der Waals surface area contributed by atoms with Crippen LogP contribution in [0.3, 0.4) is 0 Å². The summed E-state index contributed by atoms with van der Waals surface area (Å²) in [6, 6.07) is 0. The molecule has 0 fully saturated rings. The fourth-order valence-electron chi connectivity index (χ4n) is 2.80. The number of rotatable bonds is 13. The van der Waals surface area contributed by atoms with Gasteiger partial charge in [-0.15, -0.1) is 0 Å². The first-order valence-electron chi connectivity index (χ1n) is 9.20. The molecule has 0 aliphatic carbocycles. The van der Waals surface area contributed by atoms with E-state index in [9.17, 15) is 79.0 Å². The number of alkyl halides is 18. The van der Waals surface area contributed by atoms with Gasteiger partial charge in [0, 0.05) is 26.1 Å². The normalized spacial score (nSPS) is 17.3. The van der Waals surface area contributed by atoms with Crippen molar-refractivity contribution in [1.82, 2.24) is 0 Å². The van der Waals surface area contributed by atoms with Crippen LogP contribution in [0.4, 0.5) is 79.0 Å². The van der Waals surface area contributed by atoms with Gasteiger partial charge in [-0.2, -0.15) is 79.0 Å². The third kappa shape index (κ3) is 6.38. The minimum atomic E-state index is -8.27. The lowest BCUT2D eigenvalue weighted by Gasteiger charge is -2.42. The molecular weight excluding hydrogens is 566 g/mol. The van der Waals surface area contributed by atoms with Crippen molar-refractivity contribution in [3.8, 4) is 0 Å². The highest BCUT2D eigenvalue weighted by molar-refractivity contribution is 5.12. The van der Waals surface area contributed by atoms with E-state index >= 15 is 0 Å². The molecule has 0 aromatic rings. The summed E-state index contributed by atoms with van der Waals surface area (Å²) >= 11 is 0. The summed E-state index contributed by atoms with van der Waals surface area (Å²) in [7, 11) is 0. The van der Waals surface area contributed by atoms with Crippen molar-refractivity contribution < 1.29 is 89.2 Å². The average molecular weight is 582 g/mol. The first-order valence-corrected chi connectivity index (χ1v) is 9.20. The van der Waals surface area contributed by atoms with Gasteiger partial charge in [0.15, 0.2) is 0 Å². The highest BCUT2D eigenvalue weighted by atomic mass is 19.4. The Balaban J connectivity index is 6.50. The second kappa shape index (κ2) is 10.4. The van der Waals surface area contributed by atoms with Crippen LogP contribution < -0.4 is 0 Å². The number of aliphatic hydroxyl groups is 2. The van der Waals surface area contributed by atoms with Crippen LogP contribution in [-0.4, -0.2) is 71.3 Å². The van der Waals surface area contributed by atoms with Crippen molar-refractivity contribution in [3.05, 3.63) is 0 Å². The minimum absolute atomic E-state index is 1.68. The Morgan fingerprint density at radius 2 is 0.611 bits per heavy atom. The molecule has 0 radical (unpaired) electrons. The molecule has 2 nitrogen and oxygen atoms in total. The molecule has 0 heterocycles. The van der Waals surface area contributed by atoms with Crippen molar-refractivity contribution in [1.29, 1.82) is 0 Å². The van der Waals surface area contributed by atoms with Crippen LogP contribution in [0.5, 0.6) is 0 Å². The third-order valence-corrected chi connectivity index (χ3v) is 4.99. The SMILES string of the molecule is OCCC(CC(F)(F)C(F)(F)C(F)(F)C(F)(F)C(F)(F)C(F)(F)CC(CCO)C(F)(F)F)C(F)(F)F. The fraction of sp³-hybridized carbons (Fsp3) is 1.00. The van der Waals surface area contributed by atoms with Crippen molar-refractivity contribution >= 4 is 0 Å². The second-order valence-corrected chi connectivity index (χ2v) is 7.62. The Morgan fingerprint density at radius 3 is 0.778 bits per heavy atom. The minimum Gasteiger partial charge on any atom is -0.396 e. The van der Waals surface area contributed by atoms with E-state index in [0.717, 1.165) is 0 Å². The van der Waals surface area contributed by atoms with Gasteiger partial charge in [-0.3, -0.25) is 0 Å². The summed E-state index contributed by atoms with van der Waals surface area (Å²) in [5.74, 6) is -53.8. The van der Waals surface area contributed by atoms with Gasteiger partial charge in [-0.1, -0.05) is 0 Å². The second-order valence-electron chi connectivity index (χ2n) is 7.62. The molecule has 0 spiro atoms. The Kier molecular flexibility index (Phi) is 10.0. The highest BCUT2D eigenvalue weighted by Crippen LogP contribution is 2.62. The Labute approximate surface area is 189 Å². The Morgan fingerprint density at radius 1 is 0.389 bits per heavy atom. The maximum atomic E-state index is 13.8. The summed E-state index contributed by atoms with van der Waals surface area (Å²) in [6.07, 6.45) is -22.6. The number of hydrogen-bond donors (Lipinski definition) is 2. The molecule has 0 bridgehead atoms. The lowest BCUT2D eigenvalue weighted by molar-refractivity contribution is -0.429. The molecule has 2 atom stereocenters. The molecule has 2 N–H and O–H groups in total. The maximum Gasteiger partial charge on any atom is 0.392 e. The lowest BCUT2D eigenvalue weighted by atomic mass is 9.84. The van der Waals surface area contributed by atoms with Gasteiger partial charge >= 0.3 is 47.9 Å². The molecule has 0 aliphatic heterocycles. The van der Waals surface area contributed by atoms with Crippen LogP contribution in [0.25, 0.3) is 0 Å². The molecule has 0 saturated heterocycles. The average Bonchev–Trinajstić information content (AvgIpc) is 2.64. The molecule has 0 saturated carbocycles. The molecular formula is C16H16F18O2. The molecule has 218 valence electrons. The summed E-state index contributed by atoms with van der Waals surface area (Å²) in [6.45, 7) is -3.37. The molecule has 0 aromatic heterocycles. The van der Waals surface area contributed by atoms with E-state index < -0.39 is 98.6 Å². The summed E-state index contributed by atoms with van der Waals surface area (Å²) < 4.78 is 241. The zero-order valence-electron chi connectivity index (χ0n) is 17.1. The Hall–Kier alpha value is -1.34. The highest BCUT2D eigenvalue weighted by Gasteiger charge is 2.90. The van der Waals surface area contributed by atoms with Gasteiger partial charge in [0.25, 0.3) is 0 Å². The topological polar surface area (TPSA) is 40.5 Å². The molecule has 0 amide bonds. The summed E-state index contributed by atoms with van der Waals surface area (Å²) in [4.78, 5) is 0. The van der Waals surface area contributed by atoms with Gasteiger partial charge in [0.2, 0.25) is 0 Å². The molecule has 0 aromatic carbocycles. The van der Waals surface area contributed by atoms with Crippen LogP contribution in [0.1, 0.15) is 25.7 Å². The van der Waals surface area contributed by atoms with Crippen LogP contribution in [-0.2, 0) is 0 Å². The van der Waals surface area contributed by atoms with Crippen molar-refractivity contribution in [3.63, 3.8) is 0 Å². The largest absolute Gasteiger partial charge is 0.396 e. The van der Waals surface area contributed by atoms with Gasteiger partial charge in [-0.05, 0) is 12.8 Å². The molecule has 36 heavy (non-hydrogen) atoms. The van der Waals surface area contributed by atoms with E-state index in [-0.39, 0.29) is 0 Å². The van der Waals surface area contributed by atoms with Gasteiger partial charge in [-0.25, -0.2) is 0 Å². The quantitative estimate of drug-likeness (QED) is 0.238. The maximum absolute atomic E-state index is 13.8. The number of aliphatic hydroxyl groups excluding tert-OH is 2. The van der Waals surface area contributed by atoms with Crippen molar-refractivity contribution in [2.75, 3.05) is 13.2 Å². The van der Waals surface area contributed by atoms with E-state index in [2.05, 4.69) is 0 Å². The van der Waals surface area contributed by atoms with E-state index in [1.54, 1.807) is 0 Å². The van der Waals surface area contributed by atoms with Gasteiger partial charge in [0.1, 0.15) is 0 Å². The smallest absolute Gasteiger partial charge is 0.392 e. The van der Waals surface area contributed by atoms with Crippen LogP contribution in [0.15, 0.2) is 0 Å². The number of halogens is 18. The van der Waals surface area contributed by atoms with E-state index in [4.69, 9.17) is 10.2 Å². The molecule has 0 aliphatic rings. The van der Waals surface area contributed by atoms with Crippen molar-refractivity contribution in [2.45, 2.75) is 73.6 Å². The molecule has 2 unspecified atom stereocenters. The Bertz CT molecular complexity index is 651. The lowest BCUT2D eigenvalue weighted by Crippen LogP contribution is -2.71. The van der Waals surface area contributed by atoms with Crippen molar-refractivity contribution in [2.24, 2.45) is 11.8 Å². The zero-order valence-corrected chi connectivity index (χ0v) is 17.1. The predicted molar refractivity (Wildman–Crippen MR) is 81.4 cm³/mol. The zero-order chi connectivity index (χ0) is 29.4. The molecule has 0 rings (SSSR count). The summed E-state index contributed by atoms with van der Waals surface area (Å²) in [5, 5.41) is 16.7. The van der Waals surface area contributed by atoms with E-state index in [0.29, 0.717) is 0 Å². The van der Waals surface area contributed by atoms with E-state index in [1.807, 2.05) is 0 Å². The fourth-order valence-corrected chi connectivity index (χ4v) is 2.80. The van der Waals surface area contributed by atoms with Crippen LogP contribution in [0, 0.1) is 11.8 Å².